The molecule has 1 N–H and O–H groups in total. The Kier molecular flexibility index (Phi) is 6.13. The average Bonchev–Trinajstić information content (AvgIpc) is 3.16. The molecule has 29 heavy (non-hydrogen) atoms. The van der Waals surface area contributed by atoms with Gasteiger partial charge in [0.05, 0.1) is 18.8 Å². The van der Waals surface area contributed by atoms with E-state index in [4.69, 9.17) is 4.74 Å². The van der Waals surface area contributed by atoms with Crippen LogP contribution in [-0.2, 0) is 6.42 Å². The predicted molar refractivity (Wildman–Crippen MR) is 111 cm³/mol. The molecule has 7 nitrogen and oxygen atoms in total. The largest absolute Gasteiger partial charge is 0.496 e. The van der Waals surface area contributed by atoms with Crippen LogP contribution in [0.5, 0.6) is 5.75 Å². The van der Waals surface area contributed by atoms with E-state index in [1.54, 1.807) is 7.11 Å². The van der Waals surface area contributed by atoms with E-state index in [0.29, 0.717) is 17.7 Å². The lowest BCUT2D eigenvalue weighted by atomic mass is 9.89. The highest BCUT2D eigenvalue weighted by Gasteiger charge is 2.29. The van der Waals surface area contributed by atoms with Gasteiger partial charge in [-0.1, -0.05) is 23.4 Å². The standard InChI is InChI=1S/C22H31N5O2/c1-16-21(24-25-27(16)19-7-11-23-12-8-19)22(28)26-13-9-17(10-14-26)15-18-5-3-4-6-20(18)29-2/h3-6,17,19,23H,7-15H2,1-2H3. The van der Waals surface area contributed by atoms with Gasteiger partial charge in [0, 0.05) is 13.1 Å². The molecule has 1 amide bonds. The molecule has 0 radical (unpaired) electrons. The summed E-state index contributed by atoms with van der Waals surface area (Å²) in [5, 5.41) is 12.0. The first-order valence-electron chi connectivity index (χ1n) is 10.7. The Morgan fingerprint density at radius 2 is 1.90 bits per heavy atom. The van der Waals surface area contributed by atoms with Crippen LogP contribution in [0.2, 0.25) is 0 Å². The number of carbonyl (C=O) groups is 1. The van der Waals surface area contributed by atoms with Gasteiger partial charge in [0.1, 0.15) is 5.75 Å². The van der Waals surface area contributed by atoms with Crippen molar-refractivity contribution in [3.8, 4) is 5.75 Å². The molecule has 0 saturated carbocycles. The molecular weight excluding hydrogens is 366 g/mol. The summed E-state index contributed by atoms with van der Waals surface area (Å²) in [7, 11) is 1.72. The van der Waals surface area contributed by atoms with Gasteiger partial charge in [0.15, 0.2) is 5.69 Å². The molecule has 0 unspecified atom stereocenters. The monoisotopic (exact) mass is 397 g/mol. The topological polar surface area (TPSA) is 72.3 Å². The second-order valence-electron chi connectivity index (χ2n) is 8.20. The Labute approximate surface area is 172 Å². The molecule has 1 aromatic heterocycles. The van der Waals surface area contributed by atoms with Crippen LogP contribution in [0.3, 0.4) is 0 Å². The number of likely N-dealkylation sites (tertiary alicyclic amines) is 1. The van der Waals surface area contributed by atoms with Crippen molar-refractivity contribution in [2.45, 2.75) is 45.1 Å². The number of rotatable bonds is 5. The van der Waals surface area contributed by atoms with E-state index < -0.39 is 0 Å². The van der Waals surface area contributed by atoms with E-state index in [0.717, 1.165) is 69.7 Å². The molecule has 4 rings (SSSR count). The van der Waals surface area contributed by atoms with Gasteiger partial charge >= 0.3 is 0 Å². The summed E-state index contributed by atoms with van der Waals surface area (Å²) in [6.45, 7) is 5.51. The molecule has 0 aliphatic carbocycles. The number of hydrogen-bond acceptors (Lipinski definition) is 5. The van der Waals surface area contributed by atoms with E-state index >= 15 is 0 Å². The van der Waals surface area contributed by atoms with Gasteiger partial charge in [-0.15, -0.1) is 5.10 Å². The number of ether oxygens (including phenoxy) is 1. The van der Waals surface area contributed by atoms with E-state index in [1.807, 2.05) is 28.6 Å². The Morgan fingerprint density at radius 3 is 2.62 bits per heavy atom. The van der Waals surface area contributed by atoms with Crippen LogP contribution < -0.4 is 10.1 Å². The van der Waals surface area contributed by atoms with E-state index in [2.05, 4.69) is 27.8 Å². The third-order valence-corrected chi connectivity index (χ3v) is 6.39. The molecule has 156 valence electrons. The number of amides is 1. The normalized spacial score (nSPS) is 18.8. The van der Waals surface area contributed by atoms with Crippen molar-refractivity contribution in [3.05, 3.63) is 41.2 Å². The first-order chi connectivity index (χ1) is 14.2. The Morgan fingerprint density at radius 1 is 1.17 bits per heavy atom. The molecule has 7 heteroatoms. The fraction of sp³-hybridized carbons (Fsp3) is 0.591. The zero-order valence-electron chi connectivity index (χ0n) is 17.4. The van der Waals surface area contributed by atoms with Gasteiger partial charge in [-0.05, 0) is 69.7 Å². The predicted octanol–water partition coefficient (Wildman–Crippen LogP) is 2.61. The summed E-state index contributed by atoms with van der Waals surface area (Å²) in [6.07, 6.45) is 5.08. The minimum Gasteiger partial charge on any atom is -0.496 e. The van der Waals surface area contributed by atoms with Crippen LogP contribution in [0.1, 0.15) is 53.5 Å². The van der Waals surface area contributed by atoms with E-state index in [1.165, 1.54) is 5.56 Å². The van der Waals surface area contributed by atoms with Crippen LogP contribution in [0.25, 0.3) is 0 Å². The van der Waals surface area contributed by atoms with Gasteiger partial charge in [-0.3, -0.25) is 4.79 Å². The third-order valence-electron chi connectivity index (χ3n) is 6.39. The van der Waals surface area contributed by atoms with Crippen LogP contribution in [-0.4, -0.2) is 59.1 Å². The molecule has 1 aromatic carbocycles. The van der Waals surface area contributed by atoms with Crippen molar-refractivity contribution >= 4 is 5.91 Å². The average molecular weight is 398 g/mol. The van der Waals surface area contributed by atoms with Crippen LogP contribution in [0, 0.1) is 12.8 Å². The molecule has 2 aliphatic rings. The van der Waals surface area contributed by atoms with Gasteiger partial charge in [-0.2, -0.15) is 0 Å². The minimum atomic E-state index is 0.0263. The number of piperidine rings is 2. The fourth-order valence-corrected chi connectivity index (χ4v) is 4.61. The maximum absolute atomic E-state index is 13.1. The van der Waals surface area contributed by atoms with Crippen molar-refractivity contribution in [2.24, 2.45) is 5.92 Å². The number of carbonyl (C=O) groups excluding carboxylic acids is 1. The maximum atomic E-state index is 13.1. The molecule has 2 aliphatic heterocycles. The second-order valence-corrected chi connectivity index (χ2v) is 8.20. The lowest BCUT2D eigenvalue weighted by Crippen LogP contribution is -2.39. The molecule has 2 aromatic rings. The van der Waals surface area contributed by atoms with Gasteiger partial charge in [0.2, 0.25) is 0 Å². The SMILES string of the molecule is COc1ccccc1CC1CCN(C(=O)c2nnn(C3CCNCC3)c2C)CC1. The smallest absolute Gasteiger partial charge is 0.276 e. The summed E-state index contributed by atoms with van der Waals surface area (Å²) < 4.78 is 7.44. The lowest BCUT2D eigenvalue weighted by molar-refractivity contribution is 0.0683. The van der Waals surface area contributed by atoms with E-state index in [-0.39, 0.29) is 5.91 Å². The zero-order valence-corrected chi connectivity index (χ0v) is 17.4. The summed E-state index contributed by atoms with van der Waals surface area (Å²) in [5.41, 5.74) is 2.67. The van der Waals surface area contributed by atoms with Gasteiger partial charge in [0.25, 0.3) is 5.91 Å². The van der Waals surface area contributed by atoms with Crippen LogP contribution >= 0.6 is 0 Å². The van der Waals surface area contributed by atoms with Crippen LogP contribution in [0.4, 0.5) is 0 Å². The van der Waals surface area contributed by atoms with Crippen molar-refractivity contribution in [3.63, 3.8) is 0 Å². The highest BCUT2D eigenvalue weighted by molar-refractivity contribution is 5.93. The van der Waals surface area contributed by atoms with Crippen molar-refractivity contribution in [1.29, 1.82) is 0 Å². The number of methoxy groups -OCH3 is 1. The maximum Gasteiger partial charge on any atom is 0.276 e. The van der Waals surface area contributed by atoms with Crippen molar-refractivity contribution in [1.82, 2.24) is 25.2 Å². The molecule has 0 bridgehead atoms. The molecule has 2 saturated heterocycles. The highest BCUT2D eigenvalue weighted by Crippen LogP contribution is 2.28. The first-order valence-corrected chi connectivity index (χ1v) is 10.7. The molecular formula is C22H31N5O2. The summed E-state index contributed by atoms with van der Waals surface area (Å²) >= 11 is 0. The van der Waals surface area contributed by atoms with Crippen molar-refractivity contribution in [2.75, 3.05) is 33.3 Å². The number of benzene rings is 1. The number of nitrogens with one attached hydrogen (secondary N) is 1. The number of para-hydroxylation sites is 1. The number of aromatic nitrogens is 3. The summed E-state index contributed by atoms with van der Waals surface area (Å²) in [5.74, 6) is 1.55. The summed E-state index contributed by atoms with van der Waals surface area (Å²) in [6, 6.07) is 8.56. The summed E-state index contributed by atoms with van der Waals surface area (Å²) in [4.78, 5) is 15.0. The lowest BCUT2D eigenvalue weighted by Gasteiger charge is -2.32. The minimum absolute atomic E-state index is 0.0263. The third kappa shape index (κ3) is 4.29. The number of nitrogens with zero attached hydrogens (tertiary/aromatic N) is 4. The van der Waals surface area contributed by atoms with Gasteiger partial charge in [-0.25, -0.2) is 4.68 Å². The molecule has 2 fully saturated rings. The van der Waals surface area contributed by atoms with Crippen LogP contribution in [0.15, 0.2) is 24.3 Å². The highest BCUT2D eigenvalue weighted by atomic mass is 16.5. The van der Waals surface area contributed by atoms with Crippen molar-refractivity contribution < 1.29 is 9.53 Å². The quantitative estimate of drug-likeness (QED) is 0.840. The second kappa shape index (κ2) is 8.95. The molecule has 3 heterocycles. The fourth-order valence-electron chi connectivity index (χ4n) is 4.61. The Bertz CT molecular complexity index is 835. The molecule has 0 spiro atoms. The number of hydrogen-bond donors (Lipinski definition) is 1. The Balaban J connectivity index is 1.36. The zero-order chi connectivity index (χ0) is 20.2. The van der Waals surface area contributed by atoms with E-state index in [9.17, 15) is 4.79 Å². The molecule has 0 atom stereocenters. The Hall–Kier alpha value is -2.41. The van der Waals surface area contributed by atoms with Gasteiger partial charge < -0.3 is 15.0 Å². The first kappa shape index (κ1) is 19.9.